The van der Waals surface area contributed by atoms with Crippen molar-refractivity contribution in [3.05, 3.63) is 23.2 Å². The topological polar surface area (TPSA) is 90.0 Å². The Hall–Kier alpha value is -0.450. The Morgan fingerprint density at radius 2 is 2.17 bits per heavy atom. The number of aryl methyl sites for hydroxylation is 2. The zero-order valence-corrected chi connectivity index (χ0v) is 17.8. The van der Waals surface area contributed by atoms with Gasteiger partial charge in [0.2, 0.25) is 0 Å². The fourth-order valence-corrected chi connectivity index (χ4v) is 4.02. The molecule has 6 nitrogen and oxygen atoms in total. The Morgan fingerprint density at radius 3 is 2.67 bits per heavy atom. The van der Waals surface area contributed by atoms with E-state index in [0.717, 1.165) is 35.0 Å². The largest absolute Gasteiger partial charge is 0.466 e. The molecule has 2 atom stereocenters. The van der Waals surface area contributed by atoms with Gasteiger partial charge in [0.05, 0.1) is 12.1 Å². The number of thioether (sulfide) groups is 1. The molecule has 0 saturated carbocycles. The highest BCUT2D eigenvalue weighted by atomic mass is 127. The number of nitrogens with zero attached hydrogens (tertiary/aromatic N) is 1. The van der Waals surface area contributed by atoms with E-state index in [1.165, 1.54) is 0 Å². The monoisotopic (exact) mass is 469 g/mol. The quantitative estimate of drug-likeness (QED) is 0.299. The van der Waals surface area contributed by atoms with Gasteiger partial charge in [0, 0.05) is 24.9 Å². The minimum atomic E-state index is -1.07. The number of nitrogens with one attached hydrogen (secondary N) is 2. The minimum absolute atomic E-state index is 0. The van der Waals surface area contributed by atoms with Crippen molar-refractivity contribution in [1.82, 2.24) is 10.6 Å². The van der Waals surface area contributed by atoms with E-state index in [4.69, 9.17) is 4.42 Å². The van der Waals surface area contributed by atoms with Crippen LogP contribution in [-0.2, 0) is 5.60 Å². The maximum Gasteiger partial charge on any atom is 0.191 e. The standard InChI is InChI=1S/C16H27N3O3S.HI/c1-11-7-13(12(2)22-11)15(3,20)8-18-14(17-4)19-9-16(21)5-6-23-10-16;/h7,20-21H,5-6,8-10H2,1-4H3,(H2,17,18,19);1H. The highest BCUT2D eigenvalue weighted by Gasteiger charge is 2.32. The molecule has 0 aliphatic carbocycles. The first-order valence-electron chi connectivity index (χ1n) is 7.80. The highest BCUT2D eigenvalue weighted by Crippen LogP contribution is 2.27. The van der Waals surface area contributed by atoms with Gasteiger partial charge in [0.15, 0.2) is 5.96 Å². The summed E-state index contributed by atoms with van der Waals surface area (Å²) in [5.41, 5.74) is -0.980. The van der Waals surface area contributed by atoms with Gasteiger partial charge in [-0.3, -0.25) is 4.99 Å². The van der Waals surface area contributed by atoms with E-state index >= 15 is 0 Å². The molecule has 138 valence electrons. The van der Waals surface area contributed by atoms with E-state index in [1.807, 2.05) is 19.9 Å². The molecular formula is C16H28IN3O3S. The SMILES string of the molecule is CN=C(NCC1(O)CCSC1)NCC(C)(O)c1cc(C)oc1C.I. The first kappa shape index (κ1) is 21.6. The van der Waals surface area contributed by atoms with Crippen molar-refractivity contribution in [2.45, 2.75) is 38.4 Å². The summed E-state index contributed by atoms with van der Waals surface area (Å²) in [6, 6.07) is 1.85. The van der Waals surface area contributed by atoms with E-state index in [1.54, 1.807) is 25.7 Å². The third-order valence-electron chi connectivity index (χ3n) is 4.11. The van der Waals surface area contributed by atoms with Crippen LogP contribution in [0.25, 0.3) is 0 Å². The minimum Gasteiger partial charge on any atom is -0.466 e. The lowest BCUT2D eigenvalue weighted by atomic mass is 9.96. The Balaban J connectivity index is 0.00000288. The maximum absolute atomic E-state index is 10.7. The summed E-state index contributed by atoms with van der Waals surface area (Å²) in [5, 5.41) is 27.3. The van der Waals surface area contributed by atoms with Crippen LogP contribution in [0.3, 0.4) is 0 Å². The molecule has 8 heteroatoms. The van der Waals surface area contributed by atoms with Crippen molar-refractivity contribution in [3.8, 4) is 0 Å². The predicted molar refractivity (Wildman–Crippen MR) is 109 cm³/mol. The fourth-order valence-electron chi connectivity index (χ4n) is 2.72. The van der Waals surface area contributed by atoms with Crippen LogP contribution in [0.1, 0.15) is 30.4 Å². The van der Waals surface area contributed by atoms with E-state index in [2.05, 4.69) is 15.6 Å². The molecule has 1 aliphatic heterocycles. The first-order chi connectivity index (χ1) is 10.8. The third-order valence-corrected chi connectivity index (χ3v) is 5.35. The molecule has 0 bridgehead atoms. The van der Waals surface area contributed by atoms with Gasteiger partial charge < -0.3 is 25.3 Å². The molecular weight excluding hydrogens is 441 g/mol. The summed E-state index contributed by atoms with van der Waals surface area (Å²) >= 11 is 1.76. The number of guanidine groups is 1. The molecule has 4 N–H and O–H groups in total. The van der Waals surface area contributed by atoms with Crippen molar-refractivity contribution in [2.24, 2.45) is 4.99 Å². The molecule has 1 aromatic heterocycles. The normalized spacial score (nSPS) is 23.5. The maximum atomic E-state index is 10.7. The average molecular weight is 469 g/mol. The molecule has 24 heavy (non-hydrogen) atoms. The predicted octanol–water partition coefficient (Wildman–Crippen LogP) is 1.75. The Bertz CT molecular complexity index is 569. The molecule has 0 aromatic carbocycles. The van der Waals surface area contributed by atoms with E-state index < -0.39 is 11.2 Å². The molecule has 2 rings (SSSR count). The lowest BCUT2D eigenvalue weighted by Gasteiger charge is -2.26. The molecule has 1 aromatic rings. The van der Waals surface area contributed by atoms with Gasteiger partial charge in [-0.1, -0.05) is 0 Å². The summed E-state index contributed by atoms with van der Waals surface area (Å²) in [7, 11) is 1.67. The molecule has 0 spiro atoms. The van der Waals surface area contributed by atoms with Crippen molar-refractivity contribution in [1.29, 1.82) is 0 Å². The van der Waals surface area contributed by atoms with Crippen LogP contribution >= 0.6 is 35.7 Å². The number of aliphatic imine (C=N–C) groups is 1. The van der Waals surface area contributed by atoms with Crippen molar-refractivity contribution >= 4 is 41.7 Å². The first-order valence-corrected chi connectivity index (χ1v) is 8.96. The van der Waals surface area contributed by atoms with Gasteiger partial charge >= 0.3 is 0 Å². The van der Waals surface area contributed by atoms with E-state index in [9.17, 15) is 10.2 Å². The zero-order chi connectivity index (χ0) is 17.1. The van der Waals surface area contributed by atoms with Crippen molar-refractivity contribution < 1.29 is 14.6 Å². The Kier molecular flexibility index (Phi) is 7.89. The lowest BCUT2D eigenvalue weighted by Crippen LogP contribution is -2.49. The van der Waals surface area contributed by atoms with Crippen LogP contribution in [0.5, 0.6) is 0 Å². The van der Waals surface area contributed by atoms with Gasteiger partial charge in [-0.25, -0.2) is 0 Å². The van der Waals surface area contributed by atoms with Crippen molar-refractivity contribution in [3.63, 3.8) is 0 Å². The molecule has 0 amide bonds. The van der Waals surface area contributed by atoms with Gasteiger partial charge in [0.1, 0.15) is 17.1 Å². The van der Waals surface area contributed by atoms with Crippen LogP contribution in [-0.4, -0.2) is 53.4 Å². The molecule has 0 radical (unpaired) electrons. The Morgan fingerprint density at radius 1 is 1.46 bits per heavy atom. The smallest absolute Gasteiger partial charge is 0.191 e. The van der Waals surface area contributed by atoms with Gasteiger partial charge in [-0.05, 0) is 39.0 Å². The van der Waals surface area contributed by atoms with Crippen LogP contribution in [0.2, 0.25) is 0 Å². The zero-order valence-electron chi connectivity index (χ0n) is 14.7. The summed E-state index contributed by atoms with van der Waals surface area (Å²) in [6.07, 6.45) is 0.785. The molecule has 2 heterocycles. The number of furan rings is 1. The fraction of sp³-hybridized carbons (Fsp3) is 0.688. The van der Waals surface area contributed by atoms with Gasteiger partial charge in [-0.15, -0.1) is 24.0 Å². The molecule has 1 fully saturated rings. The number of halogens is 1. The molecule has 1 aliphatic rings. The Labute approximate surface area is 164 Å². The molecule has 1 saturated heterocycles. The van der Waals surface area contributed by atoms with Crippen LogP contribution in [0.15, 0.2) is 15.5 Å². The summed E-state index contributed by atoms with van der Waals surface area (Å²) in [4.78, 5) is 4.15. The van der Waals surface area contributed by atoms with Crippen LogP contribution < -0.4 is 10.6 Å². The van der Waals surface area contributed by atoms with E-state index in [-0.39, 0.29) is 24.0 Å². The number of rotatable bonds is 5. The highest BCUT2D eigenvalue weighted by molar-refractivity contribution is 14.0. The van der Waals surface area contributed by atoms with Gasteiger partial charge in [0.25, 0.3) is 0 Å². The number of hydrogen-bond donors (Lipinski definition) is 4. The molecule has 2 unspecified atom stereocenters. The second-order valence-electron chi connectivity index (χ2n) is 6.41. The summed E-state index contributed by atoms with van der Waals surface area (Å²) < 4.78 is 5.49. The van der Waals surface area contributed by atoms with E-state index in [0.29, 0.717) is 19.0 Å². The van der Waals surface area contributed by atoms with Gasteiger partial charge in [-0.2, -0.15) is 11.8 Å². The van der Waals surface area contributed by atoms with Crippen molar-refractivity contribution in [2.75, 3.05) is 31.6 Å². The lowest BCUT2D eigenvalue weighted by molar-refractivity contribution is 0.0593. The number of aliphatic hydroxyl groups is 2. The second-order valence-corrected chi connectivity index (χ2v) is 7.51. The summed E-state index contributed by atoms with van der Waals surface area (Å²) in [6.45, 7) is 6.19. The summed E-state index contributed by atoms with van der Waals surface area (Å²) in [5.74, 6) is 3.78. The third kappa shape index (κ3) is 5.53. The number of hydrogen-bond acceptors (Lipinski definition) is 5. The average Bonchev–Trinajstić information content (AvgIpc) is 3.05. The second kappa shape index (κ2) is 8.77. The van der Waals surface area contributed by atoms with Crippen LogP contribution in [0.4, 0.5) is 0 Å². The van der Waals surface area contributed by atoms with Crippen LogP contribution in [0, 0.1) is 13.8 Å².